The molecule has 2 heterocycles. The van der Waals surface area contributed by atoms with Crippen LogP contribution in [0.15, 0.2) is 78.9 Å². The number of nitrogens with zero attached hydrogens (tertiary/aromatic N) is 3. The average Bonchev–Trinajstić information content (AvgIpc) is 2.91. The summed E-state index contributed by atoms with van der Waals surface area (Å²) in [4.78, 5) is 2.34. The van der Waals surface area contributed by atoms with Gasteiger partial charge in [0, 0.05) is 18.7 Å². The Hall–Kier alpha value is -3.30. The summed E-state index contributed by atoms with van der Waals surface area (Å²) >= 11 is 0. The number of hydrogen-bond acceptors (Lipinski definition) is 3. The lowest BCUT2D eigenvalue weighted by atomic mass is 9.91. The van der Waals surface area contributed by atoms with Crippen LogP contribution < -0.4 is 0 Å². The maximum atomic E-state index is 4.37. The summed E-state index contributed by atoms with van der Waals surface area (Å²) in [5.74, 6) is 0. The minimum atomic E-state index is 0.913. The molecule has 1 aromatic heterocycles. The van der Waals surface area contributed by atoms with E-state index in [4.69, 9.17) is 0 Å². The third-order valence-corrected chi connectivity index (χ3v) is 5.60. The lowest BCUT2D eigenvalue weighted by Gasteiger charge is -2.15. The largest absolute Gasteiger partial charge is 0.298 e. The van der Waals surface area contributed by atoms with Crippen LogP contribution >= 0.6 is 0 Å². The minimum absolute atomic E-state index is 0.913. The number of rotatable bonds is 2. The van der Waals surface area contributed by atoms with Crippen LogP contribution in [0.1, 0.15) is 22.4 Å². The molecule has 1 aliphatic heterocycles. The Morgan fingerprint density at radius 3 is 2.45 bits per heavy atom. The smallest absolute Gasteiger partial charge is 0.0929 e. The minimum Gasteiger partial charge on any atom is -0.298 e. The zero-order chi connectivity index (χ0) is 19.8. The lowest BCUT2D eigenvalue weighted by molar-refractivity contribution is 0.366. The monoisotopic (exact) mass is 377 g/mol. The number of fused-ring (bicyclic) bond motifs is 2. The second-order valence-electron chi connectivity index (χ2n) is 7.81. The highest BCUT2D eigenvalue weighted by atomic mass is 15.1. The van der Waals surface area contributed by atoms with Crippen molar-refractivity contribution in [3.63, 3.8) is 0 Å². The zero-order valence-corrected chi connectivity index (χ0v) is 16.8. The van der Waals surface area contributed by atoms with Gasteiger partial charge in [-0.05, 0) is 71.3 Å². The number of aromatic nitrogens is 2. The van der Waals surface area contributed by atoms with E-state index in [1.807, 2.05) is 19.1 Å². The molecule has 142 valence electrons. The molecule has 29 heavy (non-hydrogen) atoms. The summed E-state index contributed by atoms with van der Waals surface area (Å²) in [5, 5.41) is 11.1. The standard InChI is InChI=1S/C26H23N3/c1-18-7-12-26(28-27-18)22-10-11-24-23(16-22)17-29(2)14-13-25(24)21-9-8-19-5-3-4-6-20(19)15-21/h3-13,15-16H,14,17H2,1-2H3. The second-order valence-corrected chi connectivity index (χ2v) is 7.81. The van der Waals surface area contributed by atoms with Gasteiger partial charge in [-0.3, -0.25) is 4.90 Å². The molecule has 0 fully saturated rings. The predicted octanol–water partition coefficient (Wildman–Crippen LogP) is 5.48. The van der Waals surface area contributed by atoms with Crippen LogP contribution in [0.3, 0.4) is 0 Å². The van der Waals surface area contributed by atoms with Gasteiger partial charge < -0.3 is 0 Å². The molecule has 0 aliphatic carbocycles. The summed E-state index contributed by atoms with van der Waals surface area (Å²) < 4.78 is 0. The molecule has 0 spiro atoms. The molecule has 0 amide bonds. The topological polar surface area (TPSA) is 29.0 Å². The van der Waals surface area contributed by atoms with E-state index in [0.29, 0.717) is 0 Å². The van der Waals surface area contributed by atoms with Crippen LogP contribution in [0.2, 0.25) is 0 Å². The van der Waals surface area contributed by atoms with Gasteiger partial charge in [0.05, 0.1) is 11.4 Å². The Balaban J connectivity index is 1.61. The Labute approximate surface area is 171 Å². The van der Waals surface area contributed by atoms with Crippen LogP contribution in [0.4, 0.5) is 0 Å². The first-order chi connectivity index (χ1) is 14.2. The quantitative estimate of drug-likeness (QED) is 0.463. The molecule has 3 aromatic carbocycles. The molecular weight excluding hydrogens is 354 g/mol. The summed E-state index contributed by atoms with van der Waals surface area (Å²) in [6.45, 7) is 3.80. The van der Waals surface area contributed by atoms with E-state index >= 15 is 0 Å². The van der Waals surface area contributed by atoms with Crippen molar-refractivity contribution in [3.8, 4) is 11.3 Å². The Kier molecular flexibility index (Phi) is 4.45. The molecule has 0 bridgehead atoms. The maximum absolute atomic E-state index is 4.37. The van der Waals surface area contributed by atoms with E-state index in [1.165, 1.54) is 33.0 Å². The normalized spacial score (nSPS) is 14.3. The van der Waals surface area contributed by atoms with E-state index in [0.717, 1.165) is 30.0 Å². The second kappa shape index (κ2) is 7.26. The first kappa shape index (κ1) is 17.8. The molecule has 3 nitrogen and oxygen atoms in total. The van der Waals surface area contributed by atoms with Gasteiger partial charge in [0.25, 0.3) is 0 Å². The van der Waals surface area contributed by atoms with Crippen LogP contribution in [-0.4, -0.2) is 28.7 Å². The Morgan fingerprint density at radius 2 is 1.62 bits per heavy atom. The number of likely N-dealkylation sites (N-methyl/N-ethyl adjacent to an activating group) is 1. The van der Waals surface area contributed by atoms with Gasteiger partial charge in [-0.1, -0.05) is 54.6 Å². The van der Waals surface area contributed by atoms with E-state index in [-0.39, 0.29) is 0 Å². The van der Waals surface area contributed by atoms with Crippen molar-refractivity contribution >= 4 is 16.3 Å². The molecule has 0 radical (unpaired) electrons. The Bertz CT molecular complexity index is 1220. The fourth-order valence-electron chi connectivity index (χ4n) is 4.04. The molecule has 0 atom stereocenters. The van der Waals surface area contributed by atoms with Gasteiger partial charge in [0.15, 0.2) is 0 Å². The molecule has 4 aromatic rings. The molecule has 0 saturated heterocycles. The molecule has 3 heteroatoms. The average molecular weight is 377 g/mol. The molecular formula is C26H23N3. The van der Waals surface area contributed by atoms with Crippen molar-refractivity contribution in [2.75, 3.05) is 13.6 Å². The van der Waals surface area contributed by atoms with E-state index in [1.54, 1.807) is 0 Å². The fraction of sp³-hybridized carbons (Fsp3) is 0.154. The third-order valence-electron chi connectivity index (χ3n) is 5.60. The molecule has 0 N–H and O–H groups in total. The van der Waals surface area contributed by atoms with Crippen LogP contribution in [0, 0.1) is 6.92 Å². The van der Waals surface area contributed by atoms with Gasteiger partial charge in [-0.2, -0.15) is 10.2 Å². The van der Waals surface area contributed by atoms with Gasteiger partial charge in [-0.25, -0.2) is 0 Å². The SMILES string of the molecule is Cc1ccc(-c2ccc3c(c2)CN(C)CC=C3c2ccc3ccccc3c2)nn1. The number of aryl methyl sites for hydroxylation is 1. The number of benzene rings is 3. The molecule has 0 saturated carbocycles. The zero-order valence-electron chi connectivity index (χ0n) is 16.8. The van der Waals surface area contributed by atoms with Crippen molar-refractivity contribution in [1.82, 2.24) is 15.1 Å². The van der Waals surface area contributed by atoms with Crippen LogP contribution in [-0.2, 0) is 6.54 Å². The van der Waals surface area contributed by atoms with E-state index < -0.39 is 0 Å². The third kappa shape index (κ3) is 3.45. The van der Waals surface area contributed by atoms with E-state index in [2.05, 4.69) is 88.9 Å². The van der Waals surface area contributed by atoms with Gasteiger partial charge >= 0.3 is 0 Å². The molecule has 1 aliphatic rings. The molecule has 5 rings (SSSR count). The molecule has 0 unspecified atom stereocenters. The van der Waals surface area contributed by atoms with Gasteiger partial charge in [0.2, 0.25) is 0 Å². The maximum Gasteiger partial charge on any atom is 0.0929 e. The van der Waals surface area contributed by atoms with Gasteiger partial charge in [-0.15, -0.1) is 0 Å². The number of hydrogen-bond donors (Lipinski definition) is 0. The van der Waals surface area contributed by atoms with Crippen LogP contribution in [0.5, 0.6) is 0 Å². The van der Waals surface area contributed by atoms with Crippen molar-refractivity contribution in [1.29, 1.82) is 0 Å². The summed E-state index contributed by atoms with van der Waals surface area (Å²) in [7, 11) is 2.17. The first-order valence-corrected chi connectivity index (χ1v) is 9.99. The Morgan fingerprint density at radius 1 is 0.793 bits per heavy atom. The highest BCUT2D eigenvalue weighted by Crippen LogP contribution is 2.33. The van der Waals surface area contributed by atoms with Crippen molar-refractivity contribution in [2.24, 2.45) is 0 Å². The van der Waals surface area contributed by atoms with Crippen molar-refractivity contribution in [2.45, 2.75) is 13.5 Å². The van der Waals surface area contributed by atoms with Crippen molar-refractivity contribution < 1.29 is 0 Å². The predicted molar refractivity (Wildman–Crippen MR) is 120 cm³/mol. The summed E-state index contributed by atoms with van der Waals surface area (Å²) in [6, 6.07) is 26.0. The first-order valence-electron chi connectivity index (χ1n) is 9.99. The van der Waals surface area contributed by atoms with Gasteiger partial charge in [0.1, 0.15) is 0 Å². The highest BCUT2D eigenvalue weighted by molar-refractivity contribution is 5.90. The van der Waals surface area contributed by atoms with Crippen molar-refractivity contribution in [3.05, 3.63) is 101 Å². The highest BCUT2D eigenvalue weighted by Gasteiger charge is 2.17. The van der Waals surface area contributed by atoms with Crippen LogP contribution in [0.25, 0.3) is 27.6 Å². The van der Waals surface area contributed by atoms with E-state index in [9.17, 15) is 0 Å². The fourth-order valence-corrected chi connectivity index (χ4v) is 4.04. The lowest BCUT2D eigenvalue weighted by Crippen LogP contribution is -2.16. The summed E-state index contributed by atoms with van der Waals surface area (Å²) in [6.07, 6.45) is 2.35. The summed E-state index contributed by atoms with van der Waals surface area (Å²) in [5.41, 5.74) is 8.16.